The fourth-order valence-electron chi connectivity index (χ4n) is 1.75. The normalized spacial score (nSPS) is 11.1. The molecule has 0 aliphatic heterocycles. The van der Waals surface area contributed by atoms with Gasteiger partial charge in [-0.05, 0) is 26.8 Å². The SMILES string of the molecule is Cc1[nH]c2ccccc2c1NC(C)C. The predicted molar refractivity (Wildman–Crippen MR) is 61.8 cm³/mol. The Hall–Kier alpha value is -1.44. The first-order valence-corrected chi connectivity index (χ1v) is 5.02. The van der Waals surface area contributed by atoms with Crippen LogP contribution in [0, 0.1) is 6.92 Å². The second-order valence-corrected chi connectivity index (χ2v) is 3.97. The van der Waals surface area contributed by atoms with Crippen molar-refractivity contribution in [2.24, 2.45) is 0 Å². The molecule has 0 saturated carbocycles. The van der Waals surface area contributed by atoms with Crippen LogP contribution >= 0.6 is 0 Å². The number of fused-ring (bicyclic) bond motifs is 1. The van der Waals surface area contributed by atoms with Crippen LogP contribution in [-0.2, 0) is 0 Å². The van der Waals surface area contributed by atoms with E-state index < -0.39 is 0 Å². The van der Waals surface area contributed by atoms with Gasteiger partial charge in [0.25, 0.3) is 0 Å². The van der Waals surface area contributed by atoms with E-state index in [0.717, 1.165) is 0 Å². The lowest BCUT2D eigenvalue weighted by atomic mass is 10.2. The zero-order chi connectivity index (χ0) is 10.1. The van der Waals surface area contributed by atoms with Crippen molar-refractivity contribution >= 4 is 16.6 Å². The molecule has 0 atom stereocenters. The van der Waals surface area contributed by atoms with Gasteiger partial charge in [-0.2, -0.15) is 0 Å². The molecule has 1 aromatic carbocycles. The number of H-pyrrole nitrogens is 1. The summed E-state index contributed by atoms with van der Waals surface area (Å²) >= 11 is 0. The number of hydrogen-bond acceptors (Lipinski definition) is 1. The van der Waals surface area contributed by atoms with Crippen LogP contribution in [0.25, 0.3) is 10.9 Å². The average Bonchev–Trinajstić information content (AvgIpc) is 2.43. The van der Waals surface area contributed by atoms with Crippen LogP contribution in [0.5, 0.6) is 0 Å². The van der Waals surface area contributed by atoms with Gasteiger partial charge in [0.1, 0.15) is 0 Å². The van der Waals surface area contributed by atoms with E-state index in [-0.39, 0.29) is 0 Å². The topological polar surface area (TPSA) is 27.8 Å². The second-order valence-electron chi connectivity index (χ2n) is 3.97. The van der Waals surface area contributed by atoms with Gasteiger partial charge in [-0.3, -0.25) is 0 Å². The number of anilines is 1. The maximum atomic E-state index is 3.46. The maximum Gasteiger partial charge on any atom is 0.0630 e. The maximum absolute atomic E-state index is 3.46. The van der Waals surface area contributed by atoms with E-state index in [1.54, 1.807) is 0 Å². The first-order valence-electron chi connectivity index (χ1n) is 5.02. The Balaban J connectivity index is 2.56. The Morgan fingerprint density at radius 2 is 1.93 bits per heavy atom. The molecule has 2 aromatic rings. The van der Waals surface area contributed by atoms with Gasteiger partial charge in [0.05, 0.1) is 5.69 Å². The minimum absolute atomic E-state index is 0.466. The van der Waals surface area contributed by atoms with Crippen LogP contribution in [0.2, 0.25) is 0 Å². The average molecular weight is 188 g/mol. The molecule has 1 aromatic heterocycles. The van der Waals surface area contributed by atoms with Crippen LogP contribution in [-0.4, -0.2) is 11.0 Å². The first-order chi connectivity index (χ1) is 6.68. The van der Waals surface area contributed by atoms with Gasteiger partial charge in [0, 0.05) is 22.6 Å². The Morgan fingerprint density at radius 3 is 2.64 bits per heavy atom. The molecule has 0 fully saturated rings. The monoisotopic (exact) mass is 188 g/mol. The Bertz CT molecular complexity index is 441. The minimum Gasteiger partial charge on any atom is -0.381 e. The molecule has 14 heavy (non-hydrogen) atoms. The summed E-state index contributed by atoms with van der Waals surface area (Å²) in [5, 5.41) is 4.74. The van der Waals surface area contributed by atoms with Crippen molar-refractivity contribution in [2.45, 2.75) is 26.8 Å². The van der Waals surface area contributed by atoms with Gasteiger partial charge in [0.15, 0.2) is 0 Å². The van der Waals surface area contributed by atoms with E-state index >= 15 is 0 Å². The molecule has 0 saturated heterocycles. The first kappa shape index (κ1) is 9.13. The van der Waals surface area contributed by atoms with E-state index in [4.69, 9.17) is 0 Å². The molecular weight excluding hydrogens is 172 g/mol. The quantitative estimate of drug-likeness (QED) is 0.743. The molecule has 0 radical (unpaired) electrons. The third-order valence-electron chi connectivity index (χ3n) is 2.33. The van der Waals surface area contributed by atoms with Gasteiger partial charge in [-0.25, -0.2) is 0 Å². The van der Waals surface area contributed by atoms with E-state index in [2.05, 4.69) is 55.3 Å². The summed E-state index contributed by atoms with van der Waals surface area (Å²) in [7, 11) is 0. The third-order valence-corrected chi connectivity index (χ3v) is 2.33. The summed E-state index contributed by atoms with van der Waals surface area (Å²) in [5.74, 6) is 0. The van der Waals surface area contributed by atoms with Gasteiger partial charge in [-0.15, -0.1) is 0 Å². The molecule has 0 amide bonds. The minimum atomic E-state index is 0.466. The van der Waals surface area contributed by atoms with Crippen molar-refractivity contribution in [3.8, 4) is 0 Å². The second kappa shape index (κ2) is 3.37. The number of aromatic nitrogens is 1. The van der Waals surface area contributed by atoms with Crippen molar-refractivity contribution < 1.29 is 0 Å². The summed E-state index contributed by atoms with van der Waals surface area (Å²) in [5.41, 5.74) is 3.64. The van der Waals surface area contributed by atoms with Crippen LogP contribution in [0.1, 0.15) is 19.5 Å². The molecule has 1 heterocycles. The molecule has 0 unspecified atom stereocenters. The lowest BCUT2D eigenvalue weighted by molar-refractivity contribution is 0.899. The highest BCUT2D eigenvalue weighted by atomic mass is 14.9. The van der Waals surface area contributed by atoms with Crippen LogP contribution in [0.15, 0.2) is 24.3 Å². The summed E-state index contributed by atoms with van der Waals surface area (Å²) in [6, 6.07) is 8.84. The molecule has 0 bridgehead atoms. The van der Waals surface area contributed by atoms with Gasteiger partial charge in [-0.1, -0.05) is 18.2 Å². The van der Waals surface area contributed by atoms with Crippen LogP contribution in [0.4, 0.5) is 5.69 Å². The van der Waals surface area contributed by atoms with Crippen LogP contribution < -0.4 is 5.32 Å². The Morgan fingerprint density at radius 1 is 1.21 bits per heavy atom. The number of hydrogen-bond donors (Lipinski definition) is 2. The molecule has 2 N–H and O–H groups in total. The van der Waals surface area contributed by atoms with E-state index in [1.165, 1.54) is 22.3 Å². The van der Waals surface area contributed by atoms with E-state index in [0.29, 0.717) is 6.04 Å². The summed E-state index contributed by atoms with van der Waals surface area (Å²) in [4.78, 5) is 3.37. The predicted octanol–water partition coefficient (Wildman–Crippen LogP) is 3.30. The molecule has 2 rings (SSSR count). The van der Waals surface area contributed by atoms with Crippen molar-refractivity contribution in [2.75, 3.05) is 5.32 Å². The number of rotatable bonds is 2. The summed E-state index contributed by atoms with van der Waals surface area (Å²) < 4.78 is 0. The number of aryl methyl sites for hydroxylation is 1. The zero-order valence-electron chi connectivity index (χ0n) is 8.89. The highest BCUT2D eigenvalue weighted by molar-refractivity contribution is 5.94. The Labute approximate surface area is 84.3 Å². The summed E-state index contributed by atoms with van der Waals surface area (Å²) in [6.07, 6.45) is 0. The molecular formula is C12H16N2. The van der Waals surface area contributed by atoms with Crippen molar-refractivity contribution in [3.05, 3.63) is 30.0 Å². The van der Waals surface area contributed by atoms with Crippen molar-refractivity contribution in [1.29, 1.82) is 0 Å². The standard InChI is InChI=1S/C12H16N2/c1-8(2)13-12-9(3)14-11-7-5-4-6-10(11)12/h4-8,13-14H,1-3H3. The zero-order valence-corrected chi connectivity index (χ0v) is 8.89. The van der Waals surface area contributed by atoms with E-state index in [1.807, 2.05) is 0 Å². The smallest absolute Gasteiger partial charge is 0.0630 e. The lowest BCUT2D eigenvalue weighted by Gasteiger charge is -2.09. The Kier molecular flexibility index (Phi) is 2.20. The molecule has 2 nitrogen and oxygen atoms in total. The molecule has 2 heteroatoms. The lowest BCUT2D eigenvalue weighted by Crippen LogP contribution is -2.09. The van der Waals surface area contributed by atoms with Crippen molar-refractivity contribution in [1.82, 2.24) is 4.98 Å². The summed E-state index contributed by atoms with van der Waals surface area (Å²) in [6.45, 7) is 6.41. The van der Waals surface area contributed by atoms with Gasteiger partial charge < -0.3 is 10.3 Å². The fraction of sp³-hybridized carbons (Fsp3) is 0.333. The number of aromatic amines is 1. The highest BCUT2D eigenvalue weighted by Crippen LogP contribution is 2.27. The fourth-order valence-corrected chi connectivity index (χ4v) is 1.75. The third kappa shape index (κ3) is 1.48. The highest BCUT2D eigenvalue weighted by Gasteiger charge is 2.07. The number of benzene rings is 1. The molecule has 0 aliphatic rings. The van der Waals surface area contributed by atoms with Gasteiger partial charge >= 0.3 is 0 Å². The molecule has 74 valence electrons. The van der Waals surface area contributed by atoms with Crippen LogP contribution in [0.3, 0.4) is 0 Å². The van der Waals surface area contributed by atoms with E-state index in [9.17, 15) is 0 Å². The molecule has 0 aliphatic carbocycles. The molecule has 0 spiro atoms. The van der Waals surface area contributed by atoms with Gasteiger partial charge in [0.2, 0.25) is 0 Å². The largest absolute Gasteiger partial charge is 0.381 e. The van der Waals surface area contributed by atoms with Crippen molar-refractivity contribution in [3.63, 3.8) is 0 Å². The number of nitrogens with one attached hydrogen (secondary N) is 2. The number of para-hydroxylation sites is 1.